The van der Waals surface area contributed by atoms with Gasteiger partial charge in [0, 0.05) is 18.9 Å². The van der Waals surface area contributed by atoms with E-state index in [4.69, 9.17) is 10.2 Å². The van der Waals surface area contributed by atoms with Crippen LogP contribution in [0.2, 0.25) is 0 Å². The highest BCUT2D eigenvalue weighted by molar-refractivity contribution is 4.96. The molecule has 0 bridgehead atoms. The predicted molar refractivity (Wildman–Crippen MR) is 57.8 cm³/mol. The van der Waals surface area contributed by atoms with Gasteiger partial charge in [0.2, 0.25) is 11.8 Å². The molecular formula is C11H16F3N3O. The second kappa shape index (κ2) is 5.26. The molecule has 102 valence electrons. The molecule has 1 aliphatic carbocycles. The van der Waals surface area contributed by atoms with Crippen LogP contribution in [0.25, 0.3) is 0 Å². The van der Waals surface area contributed by atoms with Crippen LogP contribution in [-0.2, 0) is 6.42 Å². The summed E-state index contributed by atoms with van der Waals surface area (Å²) >= 11 is 0. The second-order valence-electron chi connectivity index (χ2n) is 4.67. The Balaban J connectivity index is 2.03. The lowest BCUT2D eigenvalue weighted by atomic mass is 9.81. The first kappa shape index (κ1) is 13.3. The van der Waals surface area contributed by atoms with E-state index in [-0.39, 0.29) is 18.8 Å². The zero-order valence-electron chi connectivity index (χ0n) is 9.91. The van der Waals surface area contributed by atoms with Crippen LogP contribution in [0.4, 0.5) is 13.2 Å². The van der Waals surface area contributed by atoms with E-state index >= 15 is 0 Å². The van der Waals surface area contributed by atoms with E-state index in [9.17, 15) is 13.2 Å². The van der Waals surface area contributed by atoms with Crippen molar-refractivity contribution in [2.24, 2.45) is 11.7 Å². The predicted octanol–water partition coefficient (Wildman–Crippen LogP) is 2.41. The molecule has 1 aromatic heterocycles. The Morgan fingerprint density at radius 2 is 2.06 bits per heavy atom. The van der Waals surface area contributed by atoms with E-state index in [2.05, 4.69) is 10.2 Å². The second-order valence-corrected chi connectivity index (χ2v) is 4.67. The summed E-state index contributed by atoms with van der Waals surface area (Å²) in [5, 5.41) is 7.63. The van der Waals surface area contributed by atoms with Crippen LogP contribution in [-0.4, -0.2) is 22.9 Å². The number of rotatable bonds is 3. The fourth-order valence-corrected chi connectivity index (χ4v) is 2.37. The molecule has 0 saturated heterocycles. The van der Waals surface area contributed by atoms with Crippen molar-refractivity contribution in [3.63, 3.8) is 0 Å². The van der Waals surface area contributed by atoms with Crippen molar-refractivity contribution in [1.29, 1.82) is 0 Å². The Morgan fingerprint density at radius 1 is 1.28 bits per heavy atom. The highest BCUT2D eigenvalue weighted by atomic mass is 19.4. The van der Waals surface area contributed by atoms with E-state index in [1.54, 1.807) is 0 Å². The summed E-state index contributed by atoms with van der Waals surface area (Å²) in [4.78, 5) is 0. The van der Waals surface area contributed by atoms with Gasteiger partial charge in [-0.3, -0.25) is 0 Å². The van der Waals surface area contributed by atoms with Gasteiger partial charge in [-0.2, -0.15) is 13.2 Å². The maximum atomic E-state index is 12.7. The van der Waals surface area contributed by atoms with Gasteiger partial charge in [0.25, 0.3) is 0 Å². The van der Waals surface area contributed by atoms with E-state index in [1.807, 2.05) is 0 Å². The first-order valence-electron chi connectivity index (χ1n) is 6.09. The first-order chi connectivity index (χ1) is 8.50. The van der Waals surface area contributed by atoms with Gasteiger partial charge in [0.15, 0.2) is 0 Å². The maximum Gasteiger partial charge on any atom is 0.391 e. The molecule has 0 aliphatic heterocycles. The number of hydrogen-bond acceptors (Lipinski definition) is 4. The molecule has 2 rings (SSSR count). The molecule has 2 atom stereocenters. The number of halogens is 3. The summed E-state index contributed by atoms with van der Waals surface area (Å²) in [6, 6.07) is 0. The summed E-state index contributed by atoms with van der Waals surface area (Å²) in [5.74, 6) is -0.792. The summed E-state index contributed by atoms with van der Waals surface area (Å²) in [7, 11) is 0. The van der Waals surface area contributed by atoms with Crippen molar-refractivity contribution in [2.45, 2.75) is 44.2 Å². The van der Waals surface area contributed by atoms with Crippen molar-refractivity contribution in [1.82, 2.24) is 10.2 Å². The molecule has 0 amide bonds. The molecule has 1 aliphatic rings. The minimum atomic E-state index is -4.13. The van der Waals surface area contributed by atoms with Gasteiger partial charge in [-0.1, -0.05) is 6.42 Å². The van der Waals surface area contributed by atoms with Crippen molar-refractivity contribution in [2.75, 3.05) is 6.54 Å². The quantitative estimate of drug-likeness (QED) is 0.909. The lowest BCUT2D eigenvalue weighted by Gasteiger charge is -2.28. The highest BCUT2D eigenvalue weighted by Gasteiger charge is 2.43. The van der Waals surface area contributed by atoms with Gasteiger partial charge in [0.1, 0.15) is 0 Å². The first-order valence-corrected chi connectivity index (χ1v) is 6.09. The molecule has 1 aromatic rings. The smallest absolute Gasteiger partial charge is 0.391 e. The minimum Gasteiger partial charge on any atom is -0.425 e. The summed E-state index contributed by atoms with van der Waals surface area (Å²) in [6.07, 6.45) is -2.20. The van der Waals surface area contributed by atoms with E-state index in [1.165, 1.54) is 0 Å². The van der Waals surface area contributed by atoms with Gasteiger partial charge >= 0.3 is 6.18 Å². The van der Waals surface area contributed by atoms with Crippen molar-refractivity contribution >= 4 is 0 Å². The molecule has 2 unspecified atom stereocenters. The Kier molecular flexibility index (Phi) is 3.89. The molecule has 2 N–H and O–H groups in total. The number of aromatic nitrogens is 2. The van der Waals surface area contributed by atoms with Crippen LogP contribution in [0.3, 0.4) is 0 Å². The third-order valence-corrected chi connectivity index (χ3v) is 3.33. The topological polar surface area (TPSA) is 64.9 Å². The van der Waals surface area contributed by atoms with Crippen molar-refractivity contribution in [3.8, 4) is 0 Å². The molecule has 18 heavy (non-hydrogen) atoms. The van der Waals surface area contributed by atoms with E-state index in [0.717, 1.165) is 0 Å². The lowest BCUT2D eigenvalue weighted by Crippen LogP contribution is -2.28. The molecule has 0 spiro atoms. The van der Waals surface area contributed by atoms with Crippen LogP contribution in [0.15, 0.2) is 4.42 Å². The largest absolute Gasteiger partial charge is 0.425 e. The van der Waals surface area contributed by atoms with Gasteiger partial charge in [-0.15, -0.1) is 10.2 Å². The van der Waals surface area contributed by atoms with Gasteiger partial charge < -0.3 is 10.2 Å². The number of nitrogens with two attached hydrogens (primary N) is 1. The van der Waals surface area contributed by atoms with Crippen LogP contribution in [0.1, 0.15) is 43.4 Å². The van der Waals surface area contributed by atoms with Gasteiger partial charge in [-0.05, 0) is 19.3 Å². The molecule has 1 fully saturated rings. The fraction of sp³-hybridized carbons (Fsp3) is 0.818. The molecule has 1 heterocycles. The molecule has 4 nitrogen and oxygen atoms in total. The number of alkyl halides is 3. The normalized spacial score (nSPS) is 25.3. The third kappa shape index (κ3) is 3.01. The average Bonchev–Trinajstić information content (AvgIpc) is 2.77. The molecule has 0 aromatic carbocycles. The van der Waals surface area contributed by atoms with Gasteiger partial charge in [0.05, 0.1) is 5.92 Å². The lowest BCUT2D eigenvalue weighted by molar-refractivity contribution is -0.183. The number of nitrogens with zero attached hydrogens (tertiary/aromatic N) is 2. The maximum absolute atomic E-state index is 12.7. The zero-order chi connectivity index (χ0) is 13.2. The van der Waals surface area contributed by atoms with E-state index < -0.39 is 12.1 Å². The summed E-state index contributed by atoms with van der Waals surface area (Å²) in [5.41, 5.74) is 5.35. The summed E-state index contributed by atoms with van der Waals surface area (Å²) in [6.45, 7) is 0.386. The van der Waals surface area contributed by atoms with Crippen LogP contribution in [0, 0.1) is 5.92 Å². The highest BCUT2D eigenvalue weighted by Crippen LogP contribution is 2.43. The standard InChI is InChI=1S/C11H16F3N3O/c12-11(13,14)8-3-1-2-7(6-8)10-17-16-9(18-10)4-5-15/h7-8H,1-6,15H2. The van der Waals surface area contributed by atoms with Crippen molar-refractivity contribution < 1.29 is 17.6 Å². The molecule has 7 heteroatoms. The fourth-order valence-electron chi connectivity index (χ4n) is 2.37. The SMILES string of the molecule is NCCc1nnc(C2CCCC(C(F)(F)F)C2)o1. The Bertz CT molecular complexity index is 391. The zero-order valence-corrected chi connectivity index (χ0v) is 9.91. The van der Waals surface area contributed by atoms with Crippen molar-refractivity contribution in [3.05, 3.63) is 11.8 Å². The Hall–Kier alpha value is -1.11. The van der Waals surface area contributed by atoms with Crippen LogP contribution in [0.5, 0.6) is 0 Å². The molecular weight excluding hydrogens is 247 g/mol. The van der Waals surface area contributed by atoms with Crippen LogP contribution >= 0.6 is 0 Å². The molecule has 0 radical (unpaired) electrons. The van der Waals surface area contributed by atoms with Gasteiger partial charge in [-0.25, -0.2) is 0 Å². The van der Waals surface area contributed by atoms with Crippen LogP contribution < -0.4 is 5.73 Å². The third-order valence-electron chi connectivity index (χ3n) is 3.33. The average molecular weight is 263 g/mol. The molecule has 1 saturated carbocycles. The number of hydrogen-bond donors (Lipinski definition) is 1. The monoisotopic (exact) mass is 263 g/mol. The summed E-state index contributed by atoms with van der Waals surface area (Å²) < 4.78 is 43.4. The van der Waals surface area contributed by atoms with E-state index in [0.29, 0.717) is 37.6 Å². The Labute approximate surface area is 103 Å². The minimum absolute atomic E-state index is 0.0494. The Morgan fingerprint density at radius 3 is 2.72 bits per heavy atom.